The lowest BCUT2D eigenvalue weighted by Gasteiger charge is -2.19. The van der Waals surface area contributed by atoms with Crippen molar-refractivity contribution >= 4 is 5.82 Å². The maximum absolute atomic E-state index is 9.33. The first kappa shape index (κ1) is 13.6. The Morgan fingerprint density at radius 2 is 2.16 bits per heavy atom. The Hall–Kier alpha value is -1.81. The van der Waals surface area contributed by atoms with Gasteiger partial charge >= 0.3 is 0 Å². The number of aryl methyl sites for hydroxylation is 1. The Balaban J connectivity index is 2.19. The topological polar surface area (TPSA) is 49.5 Å². The van der Waals surface area contributed by atoms with Gasteiger partial charge in [0.25, 0.3) is 0 Å². The maximum Gasteiger partial charge on any atom is 0.129 e. The molecule has 2 aromatic rings. The van der Waals surface area contributed by atoms with Crippen molar-refractivity contribution in [1.82, 2.24) is 4.98 Å². The van der Waals surface area contributed by atoms with Crippen LogP contribution in [0.3, 0.4) is 0 Å². The molecule has 2 aromatic heterocycles. The van der Waals surface area contributed by atoms with Crippen molar-refractivity contribution in [3.63, 3.8) is 0 Å². The van der Waals surface area contributed by atoms with Gasteiger partial charge in [-0.2, -0.15) is 0 Å². The molecular formula is C15H20N2O2. The van der Waals surface area contributed by atoms with Crippen LogP contribution in [0.25, 0.3) is 0 Å². The lowest BCUT2D eigenvalue weighted by Crippen LogP contribution is -2.18. The van der Waals surface area contributed by atoms with E-state index in [1.807, 2.05) is 25.2 Å². The summed E-state index contributed by atoms with van der Waals surface area (Å²) >= 11 is 0. The molecule has 0 saturated heterocycles. The van der Waals surface area contributed by atoms with Crippen LogP contribution >= 0.6 is 0 Å². The molecule has 102 valence electrons. The van der Waals surface area contributed by atoms with E-state index in [1.165, 1.54) is 0 Å². The average Bonchev–Trinajstić information content (AvgIpc) is 2.91. The zero-order valence-corrected chi connectivity index (χ0v) is 11.5. The minimum atomic E-state index is 0.0474. The molecule has 2 heterocycles. The second-order valence-electron chi connectivity index (χ2n) is 4.72. The van der Waals surface area contributed by atoms with E-state index in [0.717, 1.165) is 42.0 Å². The molecule has 1 N–H and O–H groups in total. The molecule has 0 fully saturated rings. The molecule has 0 radical (unpaired) electrons. The van der Waals surface area contributed by atoms with Crippen molar-refractivity contribution in [3.8, 4) is 0 Å². The first-order valence-electron chi connectivity index (χ1n) is 6.56. The van der Waals surface area contributed by atoms with Crippen molar-refractivity contribution in [2.45, 2.75) is 32.9 Å². The number of pyridine rings is 1. The Bertz CT molecular complexity index is 509. The van der Waals surface area contributed by atoms with Crippen molar-refractivity contribution < 1.29 is 9.52 Å². The highest BCUT2D eigenvalue weighted by atomic mass is 16.3. The summed E-state index contributed by atoms with van der Waals surface area (Å²) in [4.78, 5) is 6.69. The van der Waals surface area contributed by atoms with E-state index >= 15 is 0 Å². The molecule has 0 amide bonds. The highest BCUT2D eigenvalue weighted by Gasteiger charge is 2.08. The van der Waals surface area contributed by atoms with Gasteiger partial charge in [0, 0.05) is 24.8 Å². The number of nitrogens with zero attached hydrogens (tertiary/aromatic N) is 2. The van der Waals surface area contributed by atoms with E-state index in [9.17, 15) is 5.11 Å². The van der Waals surface area contributed by atoms with Gasteiger partial charge in [-0.1, -0.05) is 13.3 Å². The summed E-state index contributed by atoms with van der Waals surface area (Å²) in [6.45, 7) is 2.91. The second-order valence-corrected chi connectivity index (χ2v) is 4.72. The Labute approximate surface area is 113 Å². The highest BCUT2D eigenvalue weighted by Crippen LogP contribution is 2.17. The van der Waals surface area contributed by atoms with Gasteiger partial charge in [-0.05, 0) is 30.2 Å². The number of anilines is 1. The lowest BCUT2D eigenvalue weighted by molar-refractivity contribution is 0.281. The van der Waals surface area contributed by atoms with Crippen molar-refractivity contribution in [3.05, 3.63) is 47.5 Å². The summed E-state index contributed by atoms with van der Waals surface area (Å²) in [5.41, 5.74) is 3.05. The lowest BCUT2D eigenvalue weighted by atomic mass is 10.1. The molecule has 4 heteroatoms. The number of aliphatic hydroxyl groups is 1. The summed E-state index contributed by atoms with van der Waals surface area (Å²) in [6.07, 6.45) is 5.38. The molecule has 0 saturated carbocycles. The minimum absolute atomic E-state index is 0.0474. The first-order valence-corrected chi connectivity index (χ1v) is 6.56. The third kappa shape index (κ3) is 3.58. The Morgan fingerprint density at radius 3 is 2.79 bits per heavy atom. The van der Waals surface area contributed by atoms with Gasteiger partial charge in [0.1, 0.15) is 5.82 Å². The van der Waals surface area contributed by atoms with Crippen LogP contribution in [0.1, 0.15) is 30.2 Å². The average molecular weight is 260 g/mol. The normalized spacial score (nSPS) is 10.7. The molecule has 0 atom stereocenters. The number of hydrogen-bond donors (Lipinski definition) is 1. The van der Waals surface area contributed by atoms with E-state index in [2.05, 4.69) is 16.8 Å². The highest BCUT2D eigenvalue weighted by molar-refractivity contribution is 5.42. The standard InChI is InChI=1S/C15H20N2O2/c1-3-4-14-7-13(10-18)8-15(16-14)17(2)9-12-5-6-19-11-12/h5-8,11,18H,3-4,9-10H2,1-2H3. The maximum atomic E-state index is 9.33. The van der Waals surface area contributed by atoms with Gasteiger partial charge < -0.3 is 14.4 Å². The number of hydrogen-bond acceptors (Lipinski definition) is 4. The van der Waals surface area contributed by atoms with E-state index in [0.29, 0.717) is 0 Å². The van der Waals surface area contributed by atoms with Gasteiger partial charge in [-0.15, -0.1) is 0 Å². The molecule has 0 aromatic carbocycles. The number of aromatic nitrogens is 1. The third-order valence-corrected chi connectivity index (χ3v) is 3.00. The summed E-state index contributed by atoms with van der Waals surface area (Å²) in [5, 5.41) is 9.33. The summed E-state index contributed by atoms with van der Waals surface area (Å²) in [5.74, 6) is 0.885. The van der Waals surface area contributed by atoms with Gasteiger partial charge in [0.2, 0.25) is 0 Å². The largest absolute Gasteiger partial charge is 0.472 e. The van der Waals surface area contributed by atoms with E-state index in [1.54, 1.807) is 12.5 Å². The Kier molecular flexibility index (Phi) is 4.58. The fourth-order valence-electron chi connectivity index (χ4n) is 2.04. The van der Waals surface area contributed by atoms with Crippen LogP contribution in [0.4, 0.5) is 5.82 Å². The van der Waals surface area contributed by atoms with E-state index < -0.39 is 0 Å². The van der Waals surface area contributed by atoms with Crippen LogP contribution in [0.5, 0.6) is 0 Å². The van der Waals surface area contributed by atoms with Gasteiger partial charge in [0.05, 0.1) is 19.1 Å². The SMILES string of the molecule is CCCc1cc(CO)cc(N(C)Cc2ccoc2)n1. The summed E-state index contributed by atoms with van der Waals surface area (Å²) < 4.78 is 5.07. The fraction of sp³-hybridized carbons (Fsp3) is 0.400. The second kappa shape index (κ2) is 6.38. The fourth-order valence-corrected chi connectivity index (χ4v) is 2.04. The zero-order valence-electron chi connectivity index (χ0n) is 11.5. The van der Waals surface area contributed by atoms with Gasteiger partial charge in [-0.25, -0.2) is 4.98 Å². The molecule has 2 rings (SSSR count). The molecule has 0 unspecified atom stereocenters. The molecule has 19 heavy (non-hydrogen) atoms. The third-order valence-electron chi connectivity index (χ3n) is 3.00. The van der Waals surface area contributed by atoms with Crippen LogP contribution in [-0.2, 0) is 19.6 Å². The van der Waals surface area contributed by atoms with Crippen molar-refractivity contribution in [2.24, 2.45) is 0 Å². The predicted molar refractivity (Wildman–Crippen MR) is 75.0 cm³/mol. The van der Waals surface area contributed by atoms with Crippen LogP contribution < -0.4 is 4.90 Å². The van der Waals surface area contributed by atoms with Crippen LogP contribution in [0.2, 0.25) is 0 Å². The summed E-state index contributed by atoms with van der Waals surface area (Å²) in [6, 6.07) is 5.84. The van der Waals surface area contributed by atoms with Gasteiger partial charge in [-0.3, -0.25) is 0 Å². The molecule has 0 bridgehead atoms. The van der Waals surface area contributed by atoms with E-state index in [4.69, 9.17) is 4.42 Å². The monoisotopic (exact) mass is 260 g/mol. The van der Waals surface area contributed by atoms with Crippen LogP contribution in [-0.4, -0.2) is 17.1 Å². The van der Waals surface area contributed by atoms with Crippen molar-refractivity contribution in [2.75, 3.05) is 11.9 Å². The minimum Gasteiger partial charge on any atom is -0.472 e. The molecular weight excluding hydrogens is 240 g/mol. The van der Waals surface area contributed by atoms with Crippen LogP contribution in [0, 0.1) is 0 Å². The quantitative estimate of drug-likeness (QED) is 0.867. The zero-order chi connectivity index (χ0) is 13.7. The first-order chi connectivity index (χ1) is 9.22. The number of rotatable bonds is 6. The molecule has 4 nitrogen and oxygen atoms in total. The van der Waals surface area contributed by atoms with E-state index in [-0.39, 0.29) is 6.61 Å². The van der Waals surface area contributed by atoms with Crippen molar-refractivity contribution in [1.29, 1.82) is 0 Å². The Morgan fingerprint density at radius 1 is 1.32 bits per heavy atom. The predicted octanol–water partition coefficient (Wildman–Crippen LogP) is 2.76. The van der Waals surface area contributed by atoms with Gasteiger partial charge in [0.15, 0.2) is 0 Å². The smallest absolute Gasteiger partial charge is 0.129 e. The summed E-state index contributed by atoms with van der Waals surface area (Å²) in [7, 11) is 1.99. The molecule has 0 aliphatic carbocycles. The number of furan rings is 1. The molecule has 0 spiro atoms. The number of aliphatic hydroxyl groups excluding tert-OH is 1. The molecule has 0 aliphatic heterocycles. The van der Waals surface area contributed by atoms with Crippen LogP contribution in [0.15, 0.2) is 35.1 Å². The molecule has 0 aliphatic rings.